The van der Waals surface area contributed by atoms with Crippen LogP contribution < -0.4 is 0 Å². The summed E-state index contributed by atoms with van der Waals surface area (Å²) in [6, 6.07) is 7.27. The van der Waals surface area contributed by atoms with Crippen LogP contribution in [-0.2, 0) is 30.8 Å². The number of carboxylic acid groups (broad SMARTS) is 1. The Hall–Kier alpha value is -2.21. The molecule has 0 amide bonds. The van der Waals surface area contributed by atoms with Crippen molar-refractivity contribution >= 4 is 5.97 Å². The molecular formula is C18H22FN3O2. The van der Waals surface area contributed by atoms with Crippen LogP contribution in [0.15, 0.2) is 24.3 Å². The average Bonchev–Trinajstić information content (AvgIpc) is 2.81. The fourth-order valence-corrected chi connectivity index (χ4v) is 3.14. The van der Waals surface area contributed by atoms with Crippen molar-refractivity contribution in [3.63, 3.8) is 0 Å². The second-order valence-electron chi connectivity index (χ2n) is 6.39. The standard InChI is InChI=1S/C18H22FN3O2/c1-13-9-14(3-5-17(13)19)11-21-7-2-8-22-16(12-21)10-15(20-22)4-6-18(23)24/h3,5,9-10H,2,4,6-8,11-12H2,1H3,(H,23,24). The van der Waals surface area contributed by atoms with E-state index in [1.165, 1.54) is 6.07 Å². The molecule has 1 aromatic carbocycles. The zero-order chi connectivity index (χ0) is 17.1. The maximum atomic E-state index is 13.4. The normalized spacial score (nSPS) is 15.1. The quantitative estimate of drug-likeness (QED) is 0.915. The third-order valence-corrected chi connectivity index (χ3v) is 4.37. The zero-order valence-corrected chi connectivity index (χ0v) is 13.8. The van der Waals surface area contributed by atoms with Crippen LogP contribution >= 0.6 is 0 Å². The van der Waals surface area contributed by atoms with Crippen LogP contribution in [-0.4, -0.2) is 32.3 Å². The summed E-state index contributed by atoms with van der Waals surface area (Å²) in [5.74, 6) is -0.970. The number of aromatic nitrogens is 2. The van der Waals surface area contributed by atoms with E-state index in [4.69, 9.17) is 5.11 Å². The van der Waals surface area contributed by atoms with Gasteiger partial charge in [0, 0.05) is 32.6 Å². The van der Waals surface area contributed by atoms with Gasteiger partial charge < -0.3 is 5.11 Å². The zero-order valence-electron chi connectivity index (χ0n) is 13.8. The van der Waals surface area contributed by atoms with Gasteiger partial charge in [0.05, 0.1) is 17.8 Å². The van der Waals surface area contributed by atoms with E-state index in [-0.39, 0.29) is 12.2 Å². The van der Waals surface area contributed by atoms with Crippen molar-refractivity contribution in [1.29, 1.82) is 0 Å². The number of hydrogen-bond donors (Lipinski definition) is 1. The number of benzene rings is 1. The molecule has 1 aliphatic rings. The Morgan fingerprint density at radius 2 is 2.17 bits per heavy atom. The molecule has 0 saturated heterocycles. The van der Waals surface area contributed by atoms with E-state index in [0.29, 0.717) is 12.0 Å². The van der Waals surface area contributed by atoms with E-state index in [0.717, 1.165) is 49.6 Å². The summed E-state index contributed by atoms with van der Waals surface area (Å²) < 4.78 is 15.4. The van der Waals surface area contributed by atoms with E-state index < -0.39 is 5.97 Å². The molecule has 1 aliphatic heterocycles. The van der Waals surface area contributed by atoms with Gasteiger partial charge in [0.15, 0.2) is 0 Å². The van der Waals surface area contributed by atoms with Gasteiger partial charge >= 0.3 is 5.97 Å². The lowest BCUT2D eigenvalue weighted by Crippen LogP contribution is -2.22. The number of nitrogens with zero attached hydrogens (tertiary/aromatic N) is 3. The molecule has 0 radical (unpaired) electrons. The first-order chi connectivity index (χ1) is 11.5. The van der Waals surface area contributed by atoms with Gasteiger partial charge in [-0.05, 0) is 36.6 Å². The van der Waals surface area contributed by atoms with Gasteiger partial charge in [-0.15, -0.1) is 0 Å². The lowest BCUT2D eigenvalue weighted by atomic mass is 10.1. The minimum atomic E-state index is -0.800. The molecule has 0 spiro atoms. The minimum Gasteiger partial charge on any atom is -0.481 e. The molecule has 2 heterocycles. The Bertz CT molecular complexity index is 742. The lowest BCUT2D eigenvalue weighted by molar-refractivity contribution is -0.136. The molecule has 0 saturated carbocycles. The number of fused-ring (bicyclic) bond motifs is 1. The van der Waals surface area contributed by atoms with Crippen LogP contribution in [0.1, 0.15) is 35.4 Å². The first-order valence-electron chi connectivity index (χ1n) is 8.26. The second kappa shape index (κ2) is 7.13. The average molecular weight is 331 g/mol. The third kappa shape index (κ3) is 4.00. The highest BCUT2D eigenvalue weighted by atomic mass is 19.1. The number of aliphatic carboxylic acids is 1. The second-order valence-corrected chi connectivity index (χ2v) is 6.39. The Morgan fingerprint density at radius 1 is 1.33 bits per heavy atom. The van der Waals surface area contributed by atoms with Gasteiger partial charge in [-0.25, -0.2) is 4.39 Å². The predicted octanol–water partition coefficient (Wildman–Crippen LogP) is 2.75. The largest absolute Gasteiger partial charge is 0.481 e. The van der Waals surface area contributed by atoms with Crippen molar-refractivity contribution < 1.29 is 14.3 Å². The highest BCUT2D eigenvalue weighted by molar-refractivity contribution is 5.66. The van der Waals surface area contributed by atoms with Crippen molar-refractivity contribution in [3.8, 4) is 0 Å². The summed E-state index contributed by atoms with van der Waals surface area (Å²) in [6.07, 6.45) is 1.56. The molecule has 5 nitrogen and oxygen atoms in total. The van der Waals surface area contributed by atoms with Gasteiger partial charge in [0.2, 0.25) is 0 Å². The minimum absolute atomic E-state index is 0.106. The molecule has 2 aromatic rings. The third-order valence-electron chi connectivity index (χ3n) is 4.37. The Kier molecular flexibility index (Phi) is 4.94. The highest BCUT2D eigenvalue weighted by Crippen LogP contribution is 2.18. The first-order valence-corrected chi connectivity index (χ1v) is 8.26. The van der Waals surface area contributed by atoms with Crippen molar-refractivity contribution in [2.24, 2.45) is 0 Å². The van der Waals surface area contributed by atoms with Crippen molar-refractivity contribution in [2.75, 3.05) is 6.54 Å². The van der Waals surface area contributed by atoms with E-state index in [2.05, 4.69) is 10.00 Å². The van der Waals surface area contributed by atoms with E-state index in [1.54, 1.807) is 6.92 Å². The van der Waals surface area contributed by atoms with Gasteiger partial charge in [-0.1, -0.05) is 12.1 Å². The van der Waals surface area contributed by atoms with Crippen LogP contribution in [0.3, 0.4) is 0 Å². The fraction of sp³-hybridized carbons (Fsp3) is 0.444. The van der Waals surface area contributed by atoms with E-state index in [1.807, 2.05) is 22.9 Å². The summed E-state index contributed by atoms with van der Waals surface area (Å²) in [6.45, 7) is 5.14. The molecule has 0 unspecified atom stereocenters. The highest BCUT2D eigenvalue weighted by Gasteiger charge is 2.17. The molecule has 0 aliphatic carbocycles. The summed E-state index contributed by atoms with van der Waals surface area (Å²) in [5.41, 5.74) is 3.73. The maximum Gasteiger partial charge on any atom is 0.303 e. The number of halogens is 1. The predicted molar refractivity (Wildman–Crippen MR) is 88.1 cm³/mol. The molecule has 24 heavy (non-hydrogen) atoms. The molecule has 0 atom stereocenters. The molecule has 0 fully saturated rings. The molecule has 1 N–H and O–H groups in total. The topological polar surface area (TPSA) is 58.4 Å². The van der Waals surface area contributed by atoms with Crippen LogP contribution in [0.5, 0.6) is 0 Å². The summed E-state index contributed by atoms with van der Waals surface area (Å²) >= 11 is 0. The SMILES string of the molecule is Cc1cc(CN2CCCn3nc(CCC(=O)O)cc3C2)ccc1F. The molecule has 3 rings (SSSR count). The maximum absolute atomic E-state index is 13.4. The van der Waals surface area contributed by atoms with Gasteiger partial charge in [-0.3, -0.25) is 14.4 Å². The number of aryl methyl sites for hydroxylation is 3. The number of hydrogen-bond acceptors (Lipinski definition) is 3. The summed E-state index contributed by atoms with van der Waals surface area (Å²) in [7, 11) is 0. The van der Waals surface area contributed by atoms with Crippen molar-refractivity contribution in [3.05, 3.63) is 52.6 Å². The molecule has 128 valence electrons. The molecular weight excluding hydrogens is 309 g/mol. The lowest BCUT2D eigenvalue weighted by Gasteiger charge is -2.19. The molecule has 0 bridgehead atoms. The summed E-state index contributed by atoms with van der Waals surface area (Å²) in [4.78, 5) is 13.0. The van der Waals surface area contributed by atoms with Gasteiger partial charge in [0.1, 0.15) is 5.82 Å². The fourth-order valence-electron chi connectivity index (χ4n) is 3.14. The Labute approximate surface area is 140 Å². The van der Waals surface area contributed by atoms with Crippen LogP contribution in [0.25, 0.3) is 0 Å². The number of carbonyl (C=O) groups is 1. The van der Waals surface area contributed by atoms with Gasteiger partial charge in [0.25, 0.3) is 0 Å². The van der Waals surface area contributed by atoms with Crippen LogP contribution in [0.4, 0.5) is 4.39 Å². The first kappa shape index (κ1) is 16.6. The van der Waals surface area contributed by atoms with Gasteiger partial charge in [-0.2, -0.15) is 5.10 Å². The molecule has 1 aromatic heterocycles. The van der Waals surface area contributed by atoms with Crippen molar-refractivity contribution in [1.82, 2.24) is 14.7 Å². The van der Waals surface area contributed by atoms with Crippen LogP contribution in [0.2, 0.25) is 0 Å². The smallest absolute Gasteiger partial charge is 0.303 e. The van der Waals surface area contributed by atoms with E-state index >= 15 is 0 Å². The number of rotatable bonds is 5. The number of carboxylic acids is 1. The van der Waals surface area contributed by atoms with E-state index in [9.17, 15) is 9.18 Å². The Morgan fingerprint density at radius 3 is 2.92 bits per heavy atom. The Balaban J connectivity index is 1.69. The monoisotopic (exact) mass is 331 g/mol. The summed E-state index contributed by atoms with van der Waals surface area (Å²) in [5, 5.41) is 13.3. The van der Waals surface area contributed by atoms with Crippen LogP contribution in [0, 0.1) is 12.7 Å². The van der Waals surface area contributed by atoms with Crippen molar-refractivity contribution in [2.45, 2.75) is 45.8 Å². The molecule has 6 heteroatoms.